The quantitative estimate of drug-likeness (QED) is 0.0125. The molecule has 88 heavy (non-hydrogen) atoms. The van der Waals surface area contributed by atoms with Gasteiger partial charge in [0.25, 0.3) is 5.91 Å². The number of likely N-dealkylation sites (N-methyl/N-ethyl adjacent to an activating group) is 1. The van der Waals surface area contributed by atoms with Gasteiger partial charge in [-0.1, -0.05) is 80.6 Å². The topological polar surface area (TPSA) is 315 Å². The number of ether oxygens (including phenoxy) is 6. The molecule has 0 spiro atoms. The van der Waals surface area contributed by atoms with Gasteiger partial charge in [-0.2, -0.15) is 0 Å². The van der Waals surface area contributed by atoms with E-state index in [0.717, 1.165) is 104 Å². The molecular weight excluding hydrogens is 1170 g/mol. The van der Waals surface area contributed by atoms with Crippen LogP contribution in [0.25, 0.3) is 0 Å². The fourth-order valence-electron chi connectivity index (χ4n) is 10.1. The lowest BCUT2D eigenvalue weighted by Crippen LogP contribution is -2.54. The van der Waals surface area contributed by atoms with E-state index in [0.29, 0.717) is 124 Å². The number of benzene rings is 2. The van der Waals surface area contributed by atoms with Crippen LogP contribution in [0.2, 0.25) is 10.3 Å². The van der Waals surface area contributed by atoms with Crippen molar-refractivity contribution in [2.75, 3.05) is 150 Å². The summed E-state index contributed by atoms with van der Waals surface area (Å²) in [7, 11) is 8.83. The molecule has 0 bridgehead atoms. The molecule has 0 aliphatic carbocycles. The van der Waals surface area contributed by atoms with Gasteiger partial charge in [-0.05, 0) is 73.9 Å². The number of nitrogens with one attached hydrogen (secondary N) is 3. The number of nitrogen functional groups attached to an aromatic ring is 4. The second kappa shape index (κ2) is 41.2. The van der Waals surface area contributed by atoms with Gasteiger partial charge < -0.3 is 76.3 Å². The summed E-state index contributed by atoms with van der Waals surface area (Å²) in [6.45, 7) is 11.8. The van der Waals surface area contributed by atoms with E-state index in [1.54, 1.807) is 0 Å². The maximum atomic E-state index is 13.0. The highest BCUT2D eigenvalue weighted by Gasteiger charge is 2.30. The Morgan fingerprint density at radius 1 is 0.489 bits per heavy atom. The van der Waals surface area contributed by atoms with Crippen molar-refractivity contribution in [2.45, 2.75) is 129 Å². The maximum Gasteiger partial charge on any atom is 0.314 e. The van der Waals surface area contributed by atoms with Crippen LogP contribution in [0.15, 0.2) is 48.5 Å². The van der Waals surface area contributed by atoms with Crippen molar-refractivity contribution in [3.8, 4) is 11.5 Å². The van der Waals surface area contributed by atoms with Crippen molar-refractivity contribution in [1.82, 2.24) is 35.9 Å². The zero-order chi connectivity index (χ0) is 64.2. The van der Waals surface area contributed by atoms with Gasteiger partial charge in [0.15, 0.2) is 45.1 Å². The normalized spacial score (nSPS) is 12.4. The number of urea groups is 1. The number of unbranched alkanes of at least 4 members (excludes halogenated alkanes) is 2. The molecule has 0 aliphatic heterocycles. The Morgan fingerprint density at radius 3 is 1.51 bits per heavy atom. The van der Waals surface area contributed by atoms with E-state index in [4.69, 9.17) is 74.6 Å². The highest BCUT2D eigenvalue weighted by molar-refractivity contribution is 6.32. The number of carbonyl (C=O) groups is 4. The van der Waals surface area contributed by atoms with Crippen LogP contribution in [0.3, 0.4) is 0 Å². The molecule has 11 N–H and O–H groups in total. The van der Waals surface area contributed by atoms with Crippen LogP contribution in [-0.2, 0) is 36.6 Å². The van der Waals surface area contributed by atoms with E-state index >= 15 is 0 Å². The number of carbonyl (C=O) groups excluding carboxylic acids is 4. The molecule has 0 saturated heterocycles. The van der Waals surface area contributed by atoms with E-state index in [1.807, 2.05) is 24.3 Å². The Hall–Kier alpha value is -6.18. The molecule has 2 heterocycles. The van der Waals surface area contributed by atoms with E-state index in [9.17, 15) is 19.2 Å². The van der Waals surface area contributed by atoms with Crippen molar-refractivity contribution in [1.29, 1.82) is 0 Å². The fourth-order valence-corrected chi connectivity index (χ4v) is 10.4. The molecule has 25 heteroatoms. The van der Waals surface area contributed by atoms with Gasteiger partial charge in [0.1, 0.15) is 42.2 Å². The highest BCUT2D eigenvalue weighted by Crippen LogP contribution is 2.25. The predicted molar refractivity (Wildman–Crippen MR) is 347 cm³/mol. The first-order valence-corrected chi connectivity index (χ1v) is 31.9. The van der Waals surface area contributed by atoms with E-state index in [1.165, 1.54) is 11.1 Å². The molecule has 0 aliphatic rings. The molecule has 2 aromatic carbocycles. The number of aryl methyl sites for hydroxylation is 2. The van der Waals surface area contributed by atoms with Crippen LogP contribution >= 0.6 is 23.2 Å². The standard InChI is InChI=1S/C63H99Cl2N13O10/c1-7-15-48(25-30-53(80)54-58(66)75-60(68)56(64)73-54)77(3,4)33-12-17-46-21-26-51(27-22-46)87-43-41-85-39-37-83-35-14-20-50(79)19-10-9-11-31-70-63(82)71-32-36-84-38-40-86-42-44-88-52-28-23-47(24-29-52)18-13-34-78(5,6)49(16-8-2)45-72-62(81)55-59(67)76-61(69)57(65)74-55/h21-24,26-29,48-49H,7-20,25,30-45H2,1-6H3,(H9-2,66,67,68,69,70,71,72,75,76,80,81,82)/p+2/t48-,49-/m0/s1. The molecule has 0 fully saturated rings. The molecule has 2 atom stereocenters. The summed E-state index contributed by atoms with van der Waals surface area (Å²) in [4.78, 5) is 66.3. The monoisotopic (exact) mass is 1270 g/mol. The molecule has 4 aromatic rings. The van der Waals surface area contributed by atoms with Crippen LogP contribution < -0.4 is 48.4 Å². The van der Waals surface area contributed by atoms with Crippen LogP contribution in [0.1, 0.15) is 136 Å². The first kappa shape index (κ1) is 74.3. The van der Waals surface area contributed by atoms with Gasteiger partial charge in [-0.25, -0.2) is 24.7 Å². The number of halogens is 2. The van der Waals surface area contributed by atoms with Crippen LogP contribution in [0.5, 0.6) is 11.5 Å². The maximum absolute atomic E-state index is 13.0. The van der Waals surface area contributed by atoms with Crippen molar-refractivity contribution in [3.05, 3.63) is 81.4 Å². The van der Waals surface area contributed by atoms with E-state index in [2.05, 4.69) is 102 Å². The Labute approximate surface area is 531 Å². The van der Waals surface area contributed by atoms with E-state index in [-0.39, 0.29) is 68.6 Å². The minimum absolute atomic E-state index is 0.00722. The van der Waals surface area contributed by atoms with E-state index < -0.39 is 5.91 Å². The van der Waals surface area contributed by atoms with Gasteiger partial charge >= 0.3 is 6.03 Å². The van der Waals surface area contributed by atoms with Crippen molar-refractivity contribution in [2.24, 2.45) is 0 Å². The number of ketones is 2. The van der Waals surface area contributed by atoms with Gasteiger partial charge in [0.05, 0.1) is 100 Å². The lowest BCUT2D eigenvalue weighted by atomic mass is 9.99. The molecule has 0 saturated carbocycles. The van der Waals surface area contributed by atoms with Gasteiger partial charge in [-0.3, -0.25) is 14.4 Å². The third-order valence-electron chi connectivity index (χ3n) is 15.4. The first-order valence-electron chi connectivity index (χ1n) is 31.1. The average Bonchev–Trinajstić information content (AvgIpc) is 3.58. The Kier molecular flexibility index (Phi) is 34.8. The van der Waals surface area contributed by atoms with Gasteiger partial charge in [0.2, 0.25) is 0 Å². The number of nitrogens with zero attached hydrogens (tertiary/aromatic N) is 6. The van der Waals surface area contributed by atoms with Crippen molar-refractivity contribution < 1.29 is 56.6 Å². The van der Waals surface area contributed by atoms with Gasteiger partial charge in [0, 0.05) is 64.6 Å². The Balaban J connectivity index is 0.890. The number of hydrogen-bond acceptors (Lipinski definition) is 18. The number of amides is 3. The molecule has 0 unspecified atom stereocenters. The highest BCUT2D eigenvalue weighted by atomic mass is 35.5. The summed E-state index contributed by atoms with van der Waals surface area (Å²) in [5, 5.41) is 8.54. The number of rotatable bonds is 48. The molecule has 4 rings (SSSR count). The number of anilines is 4. The lowest BCUT2D eigenvalue weighted by molar-refractivity contribution is -0.916. The summed E-state index contributed by atoms with van der Waals surface area (Å²) < 4.78 is 35.9. The predicted octanol–water partition coefficient (Wildman–Crippen LogP) is 8.08. The first-order chi connectivity index (χ1) is 42.2. The summed E-state index contributed by atoms with van der Waals surface area (Å²) in [5.74, 6) is 1.13. The Morgan fingerprint density at radius 2 is 0.955 bits per heavy atom. The lowest BCUT2D eigenvalue weighted by Gasteiger charge is -2.38. The van der Waals surface area contributed by atoms with Gasteiger partial charge in [-0.15, -0.1) is 0 Å². The third-order valence-corrected chi connectivity index (χ3v) is 15.9. The van der Waals surface area contributed by atoms with Crippen LogP contribution in [0.4, 0.5) is 28.1 Å². The average molecular weight is 1270 g/mol. The minimum atomic E-state index is -0.429. The second-order valence-electron chi connectivity index (χ2n) is 23.1. The molecule has 490 valence electrons. The van der Waals surface area contributed by atoms with Crippen molar-refractivity contribution in [3.63, 3.8) is 0 Å². The molecule has 0 radical (unpaired) electrons. The summed E-state index contributed by atoms with van der Waals surface area (Å²) in [6, 6.07) is 16.5. The molecular formula is C63H101Cl2N13O10+2. The molecule has 3 amide bonds. The van der Waals surface area contributed by atoms with Crippen LogP contribution in [-0.4, -0.2) is 191 Å². The summed E-state index contributed by atoms with van der Waals surface area (Å²) in [6.07, 6.45) is 12.9. The largest absolute Gasteiger partial charge is 0.491 e. The SMILES string of the molecule is CCC[C@@H](CCC(=O)c1nc(Cl)c(N)nc1N)[N+](C)(C)CCCc1ccc(OCCOCCOCCCC(=O)CCCCCNC(=O)NCCOCCOCCOc2ccc(CCC[N+](C)(C)[C@@H](CCC)CNC(=O)c3nc(Cl)c(N)nc3N)cc2)cc1. The fraction of sp³-hybridized carbons (Fsp3) is 0.619. The minimum Gasteiger partial charge on any atom is -0.491 e. The number of aromatic nitrogens is 4. The zero-order valence-corrected chi connectivity index (χ0v) is 54.5. The zero-order valence-electron chi connectivity index (χ0n) is 53.0. The second-order valence-corrected chi connectivity index (χ2v) is 23.8. The number of Topliss-reactive ketones (excluding diaryl/α,β-unsaturated/α-hetero) is 2. The summed E-state index contributed by atoms with van der Waals surface area (Å²) >= 11 is 12.0. The molecule has 23 nitrogen and oxygen atoms in total. The number of hydrogen-bond donors (Lipinski definition) is 7. The van der Waals surface area contributed by atoms with Crippen molar-refractivity contribution >= 4 is 70.0 Å². The van der Waals surface area contributed by atoms with Crippen LogP contribution in [0, 0.1) is 0 Å². The third kappa shape index (κ3) is 29.0. The number of nitrogens with two attached hydrogens (primary N) is 4. The smallest absolute Gasteiger partial charge is 0.314 e. The summed E-state index contributed by atoms with van der Waals surface area (Å²) in [5.41, 5.74) is 25.6. The molecule has 2 aromatic heterocycles. The Bertz CT molecular complexity index is 2510. The number of quaternary nitrogens is 2.